The first-order valence-corrected chi connectivity index (χ1v) is 10.9. The van der Waals surface area contributed by atoms with Crippen molar-refractivity contribution in [3.05, 3.63) is 15.6 Å². The molecule has 1 N–H and O–H groups in total. The number of urea groups is 1. The molecule has 0 aromatic carbocycles. The molecule has 0 radical (unpaired) electrons. The predicted molar refractivity (Wildman–Crippen MR) is 107 cm³/mol. The van der Waals surface area contributed by atoms with Gasteiger partial charge in [0.25, 0.3) is 5.91 Å². The number of piperidine rings is 1. The number of aryl methyl sites for hydroxylation is 1. The number of hydrogen-bond acceptors (Lipinski definition) is 6. The zero-order valence-electron chi connectivity index (χ0n) is 17.0. The molecule has 156 valence electrons. The third-order valence-corrected chi connectivity index (χ3v) is 7.74. The summed E-state index contributed by atoms with van der Waals surface area (Å²) in [6, 6.07) is -0.470. The van der Waals surface area contributed by atoms with E-state index in [4.69, 9.17) is 0 Å². The SMILES string of the molecule is CC(=O)c1sc(C2CCN(C(=O)CN3C(=O)N[C@@](C)(C4CC4)C3=O)CC2)nc1C. The zero-order chi connectivity index (χ0) is 20.9. The van der Waals surface area contributed by atoms with Crippen molar-refractivity contribution in [2.75, 3.05) is 19.6 Å². The van der Waals surface area contributed by atoms with Crippen LogP contribution in [0.2, 0.25) is 0 Å². The highest BCUT2D eigenvalue weighted by Gasteiger charge is 2.56. The molecular weight excluding hydrogens is 392 g/mol. The van der Waals surface area contributed by atoms with E-state index in [2.05, 4.69) is 10.3 Å². The lowest BCUT2D eigenvalue weighted by Crippen LogP contribution is -2.48. The van der Waals surface area contributed by atoms with Crippen LogP contribution in [0.4, 0.5) is 4.79 Å². The highest BCUT2D eigenvalue weighted by Crippen LogP contribution is 2.42. The molecular formula is C20H26N4O4S. The summed E-state index contributed by atoms with van der Waals surface area (Å²) in [5, 5.41) is 3.73. The van der Waals surface area contributed by atoms with Crippen molar-refractivity contribution in [3.63, 3.8) is 0 Å². The van der Waals surface area contributed by atoms with Crippen molar-refractivity contribution in [2.45, 2.75) is 57.9 Å². The Labute approximate surface area is 173 Å². The van der Waals surface area contributed by atoms with Gasteiger partial charge in [0.05, 0.1) is 15.6 Å². The first-order valence-electron chi connectivity index (χ1n) is 10.1. The Bertz CT molecular complexity index is 885. The van der Waals surface area contributed by atoms with Gasteiger partial charge in [0, 0.05) is 25.9 Å². The van der Waals surface area contributed by atoms with Gasteiger partial charge in [-0.05, 0) is 45.4 Å². The monoisotopic (exact) mass is 418 g/mol. The van der Waals surface area contributed by atoms with Gasteiger partial charge in [-0.25, -0.2) is 9.78 Å². The van der Waals surface area contributed by atoms with E-state index in [1.807, 2.05) is 6.92 Å². The molecule has 3 aliphatic rings. The van der Waals surface area contributed by atoms with Crippen molar-refractivity contribution >= 4 is 35.0 Å². The summed E-state index contributed by atoms with van der Waals surface area (Å²) >= 11 is 1.45. The van der Waals surface area contributed by atoms with Crippen LogP contribution in [0.5, 0.6) is 0 Å². The Morgan fingerprint density at radius 1 is 1.21 bits per heavy atom. The summed E-state index contributed by atoms with van der Waals surface area (Å²) in [4.78, 5) is 57.4. The van der Waals surface area contributed by atoms with Crippen LogP contribution in [0.15, 0.2) is 0 Å². The van der Waals surface area contributed by atoms with Crippen LogP contribution in [-0.4, -0.2) is 63.6 Å². The van der Waals surface area contributed by atoms with Crippen LogP contribution in [0.1, 0.15) is 65.8 Å². The molecule has 2 aliphatic heterocycles. The van der Waals surface area contributed by atoms with E-state index in [1.165, 1.54) is 11.3 Å². The van der Waals surface area contributed by atoms with E-state index in [0.717, 1.165) is 41.3 Å². The van der Waals surface area contributed by atoms with Crippen LogP contribution in [0.25, 0.3) is 0 Å². The number of nitrogens with one attached hydrogen (secondary N) is 1. The lowest BCUT2D eigenvalue weighted by atomic mass is 9.96. The number of carbonyl (C=O) groups is 4. The maximum Gasteiger partial charge on any atom is 0.325 e. The second-order valence-electron chi connectivity index (χ2n) is 8.48. The van der Waals surface area contributed by atoms with Crippen LogP contribution >= 0.6 is 11.3 Å². The molecule has 9 heteroatoms. The van der Waals surface area contributed by atoms with E-state index in [9.17, 15) is 19.2 Å². The van der Waals surface area contributed by atoms with Gasteiger partial charge in [-0.3, -0.25) is 19.3 Å². The third-order valence-electron chi connectivity index (χ3n) is 6.32. The minimum absolute atomic E-state index is 0.0330. The van der Waals surface area contributed by atoms with Gasteiger partial charge in [-0.2, -0.15) is 0 Å². The Hall–Kier alpha value is -2.29. The fraction of sp³-hybridized carbons (Fsp3) is 0.650. The van der Waals surface area contributed by atoms with E-state index in [-0.39, 0.29) is 36.0 Å². The van der Waals surface area contributed by atoms with Crippen molar-refractivity contribution in [2.24, 2.45) is 5.92 Å². The molecule has 29 heavy (non-hydrogen) atoms. The first-order chi connectivity index (χ1) is 13.7. The molecule has 0 unspecified atom stereocenters. The molecule has 1 saturated carbocycles. The number of Topliss-reactive ketones (excluding diaryl/α,β-unsaturated/α-hetero) is 1. The van der Waals surface area contributed by atoms with Gasteiger partial charge in [-0.15, -0.1) is 11.3 Å². The van der Waals surface area contributed by atoms with Crippen LogP contribution in [0, 0.1) is 12.8 Å². The number of amides is 4. The van der Waals surface area contributed by atoms with E-state index in [0.29, 0.717) is 18.0 Å². The smallest absolute Gasteiger partial charge is 0.325 e. The molecule has 1 aliphatic carbocycles. The number of carbonyl (C=O) groups excluding carboxylic acids is 4. The molecule has 1 atom stereocenters. The maximum absolute atomic E-state index is 12.7. The largest absolute Gasteiger partial charge is 0.341 e. The minimum Gasteiger partial charge on any atom is -0.341 e. The van der Waals surface area contributed by atoms with Crippen LogP contribution in [-0.2, 0) is 9.59 Å². The van der Waals surface area contributed by atoms with E-state index in [1.54, 1.807) is 18.7 Å². The molecule has 1 aromatic rings. The lowest BCUT2D eigenvalue weighted by Gasteiger charge is -2.32. The van der Waals surface area contributed by atoms with Crippen molar-refractivity contribution in [3.8, 4) is 0 Å². The second kappa shape index (κ2) is 7.19. The molecule has 8 nitrogen and oxygen atoms in total. The van der Waals surface area contributed by atoms with Gasteiger partial charge >= 0.3 is 6.03 Å². The van der Waals surface area contributed by atoms with E-state index >= 15 is 0 Å². The van der Waals surface area contributed by atoms with Gasteiger partial charge < -0.3 is 10.2 Å². The molecule has 0 bridgehead atoms. The van der Waals surface area contributed by atoms with Gasteiger partial charge in [0.1, 0.15) is 12.1 Å². The van der Waals surface area contributed by atoms with Crippen molar-refractivity contribution in [1.29, 1.82) is 0 Å². The number of ketones is 1. The van der Waals surface area contributed by atoms with Crippen molar-refractivity contribution < 1.29 is 19.2 Å². The molecule has 4 rings (SSSR count). The number of imide groups is 1. The second-order valence-corrected chi connectivity index (χ2v) is 9.51. The van der Waals surface area contributed by atoms with Crippen molar-refractivity contribution in [1.82, 2.24) is 20.1 Å². The molecule has 2 saturated heterocycles. The number of nitrogens with zero attached hydrogens (tertiary/aromatic N) is 3. The Kier molecular flexibility index (Phi) is 4.96. The normalized spacial score (nSPS) is 25.5. The lowest BCUT2D eigenvalue weighted by molar-refractivity contribution is -0.139. The maximum atomic E-state index is 12.7. The fourth-order valence-electron chi connectivity index (χ4n) is 4.33. The van der Waals surface area contributed by atoms with Gasteiger partial charge in [0.2, 0.25) is 5.91 Å². The number of rotatable bonds is 5. The summed E-state index contributed by atoms with van der Waals surface area (Å²) in [5.41, 5.74) is -0.0881. The predicted octanol–water partition coefficient (Wildman–Crippen LogP) is 2.08. The number of likely N-dealkylation sites (tertiary alicyclic amines) is 1. The quantitative estimate of drug-likeness (QED) is 0.583. The minimum atomic E-state index is -0.860. The van der Waals surface area contributed by atoms with E-state index < -0.39 is 11.6 Å². The van der Waals surface area contributed by atoms with Gasteiger partial charge in [0.15, 0.2) is 5.78 Å². The topological polar surface area (TPSA) is 99.7 Å². The van der Waals surface area contributed by atoms with Gasteiger partial charge in [-0.1, -0.05) is 0 Å². The fourth-order valence-corrected chi connectivity index (χ4v) is 5.46. The van der Waals surface area contributed by atoms with Crippen LogP contribution in [0.3, 0.4) is 0 Å². The number of hydrogen-bond donors (Lipinski definition) is 1. The summed E-state index contributed by atoms with van der Waals surface area (Å²) in [6.45, 7) is 6.06. The molecule has 0 spiro atoms. The Morgan fingerprint density at radius 3 is 2.41 bits per heavy atom. The highest BCUT2D eigenvalue weighted by atomic mass is 32.1. The Morgan fingerprint density at radius 2 is 1.86 bits per heavy atom. The van der Waals surface area contributed by atoms with Crippen LogP contribution < -0.4 is 5.32 Å². The average molecular weight is 419 g/mol. The Balaban J connectivity index is 1.35. The summed E-state index contributed by atoms with van der Waals surface area (Å²) < 4.78 is 0. The highest BCUT2D eigenvalue weighted by molar-refractivity contribution is 7.13. The molecule has 3 fully saturated rings. The first kappa shape index (κ1) is 20.0. The molecule has 4 amide bonds. The number of thiazole rings is 1. The number of aromatic nitrogens is 1. The zero-order valence-corrected chi connectivity index (χ0v) is 17.8. The molecule has 3 heterocycles. The average Bonchev–Trinajstić information content (AvgIpc) is 3.43. The third kappa shape index (κ3) is 3.56. The molecule has 1 aromatic heterocycles. The summed E-state index contributed by atoms with van der Waals surface area (Å²) in [5.74, 6) is -0.0530. The summed E-state index contributed by atoms with van der Waals surface area (Å²) in [6.07, 6.45) is 3.38. The summed E-state index contributed by atoms with van der Waals surface area (Å²) in [7, 11) is 0. The standard InChI is InChI=1S/C20H26N4O4S/c1-11-16(12(2)25)29-17(21-11)13-6-8-23(9-7-13)15(26)10-24-18(27)20(3,14-4-5-14)22-19(24)28/h13-14H,4-10H2,1-3H3,(H,22,28)/t20-/m0/s1.